The van der Waals surface area contributed by atoms with E-state index in [9.17, 15) is 4.79 Å². The standard InChI is InChI=1S/C28H22Cl2NOP.ClH/c1-21-17-19-22(20-18-21)27(32)31-28(26(29)30)33(23-11-5-2-6-12-23,24-13-7-3-8-14-24)25-15-9-4-10-16-25;/h2-20H,1H3;1H/p+1. The van der Waals surface area contributed by atoms with Gasteiger partial charge in [-0.25, -0.2) is 0 Å². The normalized spacial score (nSPS) is 10.7. The fourth-order valence-corrected chi connectivity index (χ4v) is 8.84. The minimum absolute atomic E-state index is 0. The van der Waals surface area contributed by atoms with Gasteiger partial charge in [0.25, 0.3) is 5.91 Å². The molecule has 2 nitrogen and oxygen atoms in total. The third-order valence-corrected chi connectivity index (χ3v) is 10.4. The zero-order valence-corrected chi connectivity index (χ0v) is 21.7. The summed E-state index contributed by atoms with van der Waals surface area (Å²) in [5, 5.41) is 6.24. The molecular weight excluding hydrogens is 504 g/mol. The molecule has 6 heteroatoms. The van der Waals surface area contributed by atoms with Gasteiger partial charge in [0, 0.05) is 5.56 Å². The van der Waals surface area contributed by atoms with E-state index in [2.05, 4.69) is 41.7 Å². The monoisotopic (exact) mass is 526 g/mol. The molecule has 0 saturated heterocycles. The van der Waals surface area contributed by atoms with Crippen molar-refractivity contribution in [2.45, 2.75) is 6.92 Å². The Labute approximate surface area is 217 Å². The van der Waals surface area contributed by atoms with Crippen molar-refractivity contribution in [2.75, 3.05) is 0 Å². The number of carbonyl (C=O) groups excluding carboxylic acids is 1. The van der Waals surface area contributed by atoms with Crippen LogP contribution in [0.2, 0.25) is 0 Å². The predicted octanol–water partition coefficient (Wildman–Crippen LogP) is 6.74. The maximum atomic E-state index is 13.4. The molecule has 0 aliphatic heterocycles. The summed E-state index contributed by atoms with van der Waals surface area (Å²) in [7, 11) is -2.62. The van der Waals surface area contributed by atoms with Crippen LogP contribution in [-0.4, -0.2) is 5.91 Å². The van der Waals surface area contributed by atoms with Crippen molar-refractivity contribution in [3.63, 3.8) is 0 Å². The molecule has 0 aliphatic rings. The Balaban J connectivity index is 0.00000324. The van der Waals surface area contributed by atoms with Crippen LogP contribution in [-0.2, 0) is 0 Å². The highest BCUT2D eigenvalue weighted by atomic mass is 35.5. The van der Waals surface area contributed by atoms with Crippen LogP contribution in [0.5, 0.6) is 0 Å². The van der Waals surface area contributed by atoms with Gasteiger partial charge in [0.2, 0.25) is 5.44 Å². The van der Waals surface area contributed by atoms with E-state index in [-0.39, 0.29) is 22.8 Å². The average Bonchev–Trinajstić information content (AvgIpc) is 2.86. The molecule has 0 fully saturated rings. The second kappa shape index (κ2) is 11.7. The van der Waals surface area contributed by atoms with Gasteiger partial charge in [0.1, 0.15) is 15.9 Å². The lowest BCUT2D eigenvalue weighted by Crippen LogP contribution is -2.38. The molecule has 4 rings (SSSR count). The predicted molar refractivity (Wildman–Crippen MR) is 150 cm³/mol. The summed E-state index contributed by atoms with van der Waals surface area (Å²) in [5.74, 6) is -0.254. The zero-order chi connectivity index (χ0) is 23.3. The summed E-state index contributed by atoms with van der Waals surface area (Å²) in [6.07, 6.45) is 0. The molecule has 1 N–H and O–H groups in total. The molecule has 0 heterocycles. The largest absolute Gasteiger partial charge is 0.290 e. The number of amides is 1. The highest BCUT2D eigenvalue weighted by molar-refractivity contribution is 7.99. The highest BCUT2D eigenvalue weighted by Crippen LogP contribution is 2.63. The number of carbonyl (C=O) groups is 1. The summed E-state index contributed by atoms with van der Waals surface area (Å²) in [5.41, 5.74) is 2.14. The molecule has 0 aliphatic carbocycles. The second-order valence-corrected chi connectivity index (χ2v) is 11.9. The molecule has 0 atom stereocenters. The number of halogens is 3. The molecule has 0 spiro atoms. The Morgan fingerprint density at radius 3 is 1.38 bits per heavy atom. The van der Waals surface area contributed by atoms with Crippen molar-refractivity contribution in [2.24, 2.45) is 0 Å². The molecule has 0 saturated carbocycles. The van der Waals surface area contributed by atoms with Crippen LogP contribution in [0.3, 0.4) is 0 Å². The Morgan fingerprint density at radius 1 is 0.647 bits per heavy atom. The van der Waals surface area contributed by atoms with E-state index in [0.717, 1.165) is 21.5 Å². The van der Waals surface area contributed by atoms with Crippen LogP contribution in [0.25, 0.3) is 0 Å². The summed E-state index contributed by atoms with van der Waals surface area (Å²) in [6, 6.07) is 37.8. The van der Waals surface area contributed by atoms with Crippen LogP contribution in [0.15, 0.2) is 125 Å². The van der Waals surface area contributed by atoms with Gasteiger partial charge in [-0.1, -0.05) is 95.5 Å². The third kappa shape index (κ3) is 5.22. The van der Waals surface area contributed by atoms with Crippen LogP contribution in [0, 0.1) is 6.92 Å². The molecule has 0 unspecified atom stereocenters. The van der Waals surface area contributed by atoms with E-state index in [4.69, 9.17) is 23.2 Å². The van der Waals surface area contributed by atoms with Gasteiger partial charge in [0.15, 0.2) is 11.8 Å². The van der Waals surface area contributed by atoms with Gasteiger partial charge >= 0.3 is 0 Å². The number of aryl methyl sites for hydroxylation is 1. The third-order valence-electron chi connectivity index (χ3n) is 5.49. The molecule has 34 heavy (non-hydrogen) atoms. The van der Waals surface area contributed by atoms with E-state index in [1.807, 2.05) is 73.7 Å². The minimum atomic E-state index is -2.62. The molecule has 4 aromatic carbocycles. The number of nitrogens with one attached hydrogen (secondary N) is 1. The lowest BCUT2D eigenvalue weighted by atomic mass is 10.1. The van der Waals surface area contributed by atoms with E-state index >= 15 is 0 Å². The number of rotatable bonds is 6. The van der Waals surface area contributed by atoms with Crippen molar-refractivity contribution in [1.82, 2.24) is 5.32 Å². The number of hydrogen-bond acceptors (Lipinski definition) is 1. The first-order valence-electron chi connectivity index (χ1n) is 10.5. The molecule has 0 aromatic heterocycles. The topological polar surface area (TPSA) is 29.1 Å². The Bertz CT molecular complexity index is 1160. The minimum Gasteiger partial charge on any atom is -0.290 e. The fourth-order valence-electron chi connectivity index (χ4n) is 3.93. The molecular formula is C28H24Cl3NOP+. The number of benzene rings is 4. The van der Waals surface area contributed by atoms with Gasteiger partial charge in [-0.2, -0.15) is 0 Å². The van der Waals surface area contributed by atoms with Crippen molar-refractivity contribution < 1.29 is 4.79 Å². The molecule has 1 amide bonds. The van der Waals surface area contributed by atoms with Crippen LogP contribution >= 0.6 is 42.9 Å². The van der Waals surface area contributed by atoms with E-state index in [1.54, 1.807) is 12.1 Å². The average molecular weight is 528 g/mol. The lowest BCUT2D eigenvalue weighted by molar-refractivity contribution is 0.0968. The Hall–Kier alpha value is -2.61. The van der Waals surface area contributed by atoms with Crippen molar-refractivity contribution in [3.8, 4) is 0 Å². The summed E-state index contributed by atoms with van der Waals surface area (Å²) < 4.78 is 0.0420. The van der Waals surface area contributed by atoms with Gasteiger partial charge in [0.05, 0.1) is 0 Å². The summed E-state index contributed by atoms with van der Waals surface area (Å²) >= 11 is 13.2. The van der Waals surface area contributed by atoms with Crippen molar-refractivity contribution in [1.29, 1.82) is 0 Å². The first-order valence-corrected chi connectivity index (χ1v) is 13.1. The van der Waals surface area contributed by atoms with Gasteiger partial charge in [-0.05, 0) is 55.5 Å². The second-order valence-electron chi connectivity index (χ2n) is 7.61. The Morgan fingerprint density at radius 2 is 1.03 bits per heavy atom. The van der Waals surface area contributed by atoms with Gasteiger partial charge in [-0.3, -0.25) is 10.1 Å². The van der Waals surface area contributed by atoms with Gasteiger partial charge in [-0.15, -0.1) is 12.4 Å². The van der Waals surface area contributed by atoms with E-state index in [1.165, 1.54) is 0 Å². The first kappa shape index (κ1) is 26.0. The first-order chi connectivity index (χ1) is 16.0. The van der Waals surface area contributed by atoms with E-state index < -0.39 is 7.26 Å². The maximum absolute atomic E-state index is 13.4. The summed E-state index contributed by atoms with van der Waals surface area (Å²) in [4.78, 5) is 13.4. The highest BCUT2D eigenvalue weighted by Gasteiger charge is 2.52. The lowest BCUT2D eigenvalue weighted by Gasteiger charge is -2.29. The van der Waals surface area contributed by atoms with Crippen molar-refractivity contribution in [3.05, 3.63) is 136 Å². The molecule has 4 aromatic rings. The maximum Gasteiger partial charge on any atom is 0.258 e. The Kier molecular flexibility index (Phi) is 8.94. The van der Waals surface area contributed by atoms with E-state index in [0.29, 0.717) is 11.0 Å². The zero-order valence-electron chi connectivity index (χ0n) is 18.5. The van der Waals surface area contributed by atoms with Crippen LogP contribution in [0.4, 0.5) is 0 Å². The molecule has 0 radical (unpaired) electrons. The number of hydrogen-bond donors (Lipinski definition) is 1. The fraction of sp³-hybridized carbons (Fsp3) is 0.0357. The SMILES string of the molecule is Cc1ccc(C(=O)NC(=C(Cl)Cl)[P+](c2ccccc2)(c2ccccc2)c2ccccc2)cc1.Cl. The smallest absolute Gasteiger partial charge is 0.258 e. The molecule has 0 bridgehead atoms. The summed E-state index contributed by atoms with van der Waals surface area (Å²) in [6.45, 7) is 1.99. The van der Waals surface area contributed by atoms with Gasteiger partial charge < -0.3 is 0 Å². The van der Waals surface area contributed by atoms with Crippen LogP contribution < -0.4 is 21.2 Å². The molecule has 172 valence electrons. The van der Waals surface area contributed by atoms with Crippen molar-refractivity contribution >= 4 is 64.7 Å². The van der Waals surface area contributed by atoms with Crippen LogP contribution in [0.1, 0.15) is 15.9 Å². The quantitative estimate of drug-likeness (QED) is 0.276.